The average Bonchev–Trinajstić information content (AvgIpc) is 2.47. The van der Waals surface area contributed by atoms with Gasteiger partial charge in [0, 0.05) is 19.8 Å². The fraction of sp³-hybridized carbons (Fsp3) is 0.462. The lowest BCUT2D eigenvalue weighted by Crippen LogP contribution is -2.25. The van der Waals surface area contributed by atoms with Gasteiger partial charge in [0.25, 0.3) is 0 Å². The third-order valence-corrected chi connectivity index (χ3v) is 4.27. The van der Waals surface area contributed by atoms with Crippen LogP contribution in [-0.4, -0.2) is 39.9 Å². The molecule has 21 heavy (non-hydrogen) atoms. The quantitative estimate of drug-likeness (QED) is 0.311. The largest absolute Gasteiger partial charge is 0.386 e. The molecule has 3 N–H and O–H groups in total. The second kappa shape index (κ2) is 8.99. The van der Waals surface area contributed by atoms with Gasteiger partial charge in [0.05, 0.1) is 16.5 Å². The minimum atomic E-state index is -3.51. The molecule has 1 aromatic carbocycles. The number of hydrogen-bond donors (Lipinski definition) is 2. The van der Waals surface area contributed by atoms with Crippen molar-refractivity contribution >= 4 is 33.1 Å². The number of amidine groups is 1. The number of alkyl halides is 1. The van der Waals surface area contributed by atoms with Crippen molar-refractivity contribution in [2.45, 2.75) is 18.2 Å². The minimum Gasteiger partial charge on any atom is -0.386 e. The molecule has 0 aliphatic rings. The first-order valence-electron chi connectivity index (χ1n) is 6.56. The summed E-state index contributed by atoms with van der Waals surface area (Å²) in [5, 5.41) is 0. The van der Waals surface area contributed by atoms with Crippen molar-refractivity contribution in [2.75, 3.05) is 25.6 Å². The Kier molecular flexibility index (Phi) is 7.66. The monoisotopic (exact) mass is 333 g/mol. The summed E-state index contributed by atoms with van der Waals surface area (Å²) in [6, 6.07) is 6.11. The highest BCUT2D eigenvalue weighted by molar-refractivity contribution is 7.89. The SMILES string of the molecule is CCOCCCNS(=O)(=O)c1ccc(N=C(N)CCl)cc1. The van der Waals surface area contributed by atoms with Crippen molar-refractivity contribution in [3.05, 3.63) is 24.3 Å². The number of rotatable bonds is 9. The predicted molar refractivity (Wildman–Crippen MR) is 84.7 cm³/mol. The summed E-state index contributed by atoms with van der Waals surface area (Å²) in [5.41, 5.74) is 6.07. The summed E-state index contributed by atoms with van der Waals surface area (Å²) in [6.07, 6.45) is 0.627. The van der Waals surface area contributed by atoms with Gasteiger partial charge in [-0.2, -0.15) is 0 Å². The number of ether oxygens (including phenoxy) is 1. The van der Waals surface area contributed by atoms with E-state index in [4.69, 9.17) is 22.1 Å². The molecule has 118 valence electrons. The Hall–Kier alpha value is -1.15. The first-order chi connectivity index (χ1) is 9.99. The molecule has 0 bridgehead atoms. The molecule has 0 spiro atoms. The second-order valence-corrected chi connectivity index (χ2v) is 6.21. The van der Waals surface area contributed by atoms with Crippen LogP contribution in [0.3, 0.4) is 0 Å². The maximum Gasteiger partial charge on any atom is 0.240 e. The van der Waals surface area contributed by atoms with Crippen LogP contribution in [0.15, 0.2) is 34.2 Å². The van der Waals surface area contributed by atoms with Crippen LogP contribution in [0.1, 0.15) is 13.3 Å². The molecule has 0 aliphatic carbocycles. The van der Waals surface area contributed by atoms with E-state index in [0.717, 1.165) is 0 Å². The van der Waals surface area contributed by atoms with Crippen LogP contribution >= 0.6 is 11.6 Å². The molecule has 1 rings (SSSR count). The highest BCUT2D eigenvalue weighted by Gasteiger charge is 2.12. The number of aliphatic imine (C=N–C) groups is 1. The van der Waals surface area contributed by atoms with E-state index in [1.807, 2.05) is 6.92 Å². The minimum absolute atomic E-state index is 0.126. The zero-order valence-corrected chi connectivity index (χ0v) is 13.5. The molecule has 0 radical (unpaired) electrons. The van der Waals surface area contributed by atoms with Gasteiger partial charge in [-0.15, -0.1) is 11.6 Å². The summed E-state index contributed by atoms with van der Waals surface area (Å²) >= 11 is 5.53. The van der Waals surface area contributed by atoms with E-state index in [1.54, 1.807) is 12.1 Å². The summed E-state index contributed by atoms with van der Waals surface area (Å²) in [4.78, 5) is 4.21. The van der Waals surface area contributed by atoms with Crippen LogP contribution in [0.25, 0.3) is 0 Å². The van der Waals surface area contributed by atoms with Crippen molar-refractivity contribution in [2.24, 2.45) is 10.7 Å². The van der Waals surface area contributed by atoms with E-state index in [0.29, 0.717) is 31.9 Å². The van der Waals surface area contributed by atoms with E-state index >= 15 is 0 Å². The highest BCUT2D eigenvalue weighted by Crippen LogP contribution is 2.16. The fourth-order valence-electron chi connectivity index (χ4n) is 1.50. The maximum atomic E-state index is 12.0. The number of halogens is 1. The van der Waals surface area contributed by atoms with Crippen molar-refractivity contribution < 1.29 is 13.2 Å². The van der Waals surface area contributed by atoms with Crippen molar-refractivity contribution in [1.82, 2.24) is 4.72 Å². The smallest absolute Gasteiger partial charge is 0.240 e. The zero-order chi connectivity index (χ0) is 15.7. The molecule has 0 fully saturated rings. The molecule has 0 heterocycles. The summed E-state index contributed by atoms with van der Waals surface area (Å²) in [6.45, 7) is 3.39. The van der Waals surface area contributed by atoms with Gasteiger partial charge >= 0.3 is 0 Å². The lowest BCUT2D eigenvalue weighted by atomic mass is 10.3. The Labute approximate surface area is 130 Å². The van der Waals surface area contributed by atoms with Gasteiger partial charge in [0.15, 0.2) is 0 Å². The second-order valence-electron chi connectivity index (χ2n) is 4.18. The molecular formula is C13H20ClN3O3S. The van der Waals surface area contributed by atoms with Crippen LogP contribution in [-0.2, 0) is 14.8 Å². The van der Waals surface area contributed by atoms with Gasteiger partial charge in [-0.1, -0.05) is 0 Å². The number of hydrogen-bond acceptors (Lipinski definition) is 4. The average molecular weight is 334 g/mol. The fourth-order valence-corrected chi connectivity index (χ4v) is 2.64. The number of nitrogens with two attached hydrogens (primary N) is 1. The number of sulfonamides is 1. The summed E-state index contributed by atoms with van der Waals surface area (Å²) < 4.78 is 31.7. The molecule has 8 heteroatoms. The molecule has 0 saturated carbocycles. The lowest BCUT2D eigenvalue weighted by molar-refractivity contribution is 0.146. The van der Waals surface area contributed by atoms with Gasteiger partial charge in [-0.05, 0) is 37.6 Å². The summed E-state index contributed by atoms with van der Waals surface area (Å²) in [7, 11) is -3.51. The van der Waals surface area contributed by atoms with Gasteiger partial charge in [-0.25, -0.2) is 18.1 Å². The van der Waals surface area contributed by atoms with E-state index < -0.39 is 10.0 Å². The van der Waals surface area contributed by atoms with Gasteiger partial charge in [0.2, 0.25) is 10.0 Å². The maximum absolute atomic E-state index is 12.0. The lowest BCUT2D eigenvalue weighted by Gasteiger charge is -2.07. The van der Waals surface area contributed by atoms with Gasteiger partial charge in [-0.3, -0.25) is 0 Å². The first-order valence-corrected chi connectivity index (χ1v) is 8.58. The van der Waals surface area contributed by atoms with Crippen LogP contribution in [0, 0.1) is 0 Å². The Morgan fingerprint density at radius 1 is 1.38 bits per heavy atom. The van der Waals surface area contributed by atoms with Crippen LogP contribution in [0.2, 0.25) is 0 Å². The van der Waals surface area contributed by atoms with E-state index in [1.165, 1.54) is 12.1 Å². The van der Waals surface area contributed by atoms with Gasteiger partial charge in [0.1, 0.15) is 5.84 Å². The zero-order valence-electron chi connectivity index (χ0n) is 11.9. The normalized spacial score (nSPS) is 12.6. The molecule has 0 unspecified atom stereocenters. The third kappa shape index (κ3) is 6.43. The van der Waals surface area contributed by atoms with Crippen molar-refractivity contribution in [3.63, 3.8) is 0 Å². The Morgan fingerprint density at radius 3 is 2.62 bits per heavy atom. The molecule has 0 atom stereocenters. The third-order valence-electron chi connectivity index (χ3n) is 2.52. The summed E-state index contributed by atoms with van der Waals surface area (Å²) in [5.74, 6) is 0.405. The predicted octanol–water partition coefficient (Wildman–Crippen LogP) is 1.62. The Bertz CT molecular complexity index is 559. The van der Waals surface area contributed by atoms with Crippen molar-refractivity contribution in [3.8, 4) is 0 Å². The Morgan fingerprint density at radius 2 is 2.05 bits per heavy atom. The standard InChI is InChI=1S/C13H20ClN3O3S/c1-2-20-9-3-8-16-21(18,19)12-6-4-11(5-7-12)17-13(15)10-14/h4-7,16H,2-3,8-10H2,1H3,(H2,15,17). The van der Waals surface area contributed by atoms with E-state index in [9.17, 15) is 8.42 Å². The molecule has 0 aromatic heterocycles. The number of nitrogens with zero attached hydrogens (tertiary/aromatic N) is 1. The molecule has 0 amide bonds. The molecule has 0 aliphatic heterocycles. The van der Waals surface area contributed by atoms with Gasteiger partial charge < -0.3 is 10.5 Å². The first kappa shape index (κ1) is 17.9. The van der Waals surface area contributed by atoms with Crippen LogP contribution in [0.5, 0.6) is 0 Å². The van der Waals surface area contributed by atoms with Crippen LogP contribution in [0.4, 0.5) is 5.69 Å². The van der Waals surface area contributed by atoms with E-state index in [-0.39, 0.29) is 16.6 Å². The topological polar surface area (TPSA) is 93.8 Å². The number of benzene rings is 1. The highest BCUT2D eigenvalue weighted by atomic mass is 35.5. The van der Waals surface area contributed by atoms with Crippen LogP contribution < -0.4 is 10.5 Å². The molecular weight excluding hydrogens is 314 g/mol. The van der Waals surface area contributed by atoms with Crippen molar-refractivity contribution in [1.29, 1.82) is 0 Å². The molecule has 6 nitrogen and oxygen atoms in total. The Balaban J connectivity index is 2.63. The molecule has 1 aromatic rings. The number of nitrogens with one attached hydrogen (secondary N) is 1. The molecule has 0 saturated heterocycles. The van der Waals surface area contributed by atoms with E-state index in [2.05, 4.69) is 9.71 Å².